The number of rotatable bonds is 5. The zero-order valence-corrected chi connectivity index (χ0v) is 9.08. The highest BCUT2D eigenvalue weighted by Gasteiger charge is 2.22. The van der Waals surface area contributed by atoms with Crippen molar-refractivity contribution in [2.45, 2.75) is 25.8 Å². The van der Waals surface area contributed by atoms with Crippen LogP contribution in [0.2, 0.25) is 0 Å². The minimum atomic E-state index is -0.173. The normalized spacial score (nSPS) is 19.6. The number of likely N-dealkylation sites (N-methyl/N-ethyl adjacent to an activating group) is 1. The summed E-state index contributed by atoms with van der Waals surface area (Å²) >= 11 is 0. The van der Waals surface area contributed by atoms with Crippen LogP contribution < -0.4 is 5.32 Å². The van der Waals surface area contributed by atoms with Gasteiger partial charge in [0, 0.05) is 6.54 Å². The van der Waals surface area contributed by atoms with Gasteiger partial charge in [0.25, 0.3) is 0 Å². The fourth-order valence-electron chi connectivity index (χ4n) is 1.75. The molecule has 0 radical (unpaired) electrons. The smallest absolute Gasteiger partial charge is 0.324 e. The molecule has 1 saturated heterocycles. The molecule has 0 spiro atoms. The minimum absolute atomic E-state index is 0.137. The monoisotopic (exact) mass is 200 g/mol. The van der Waals surface area contributed by atoms with E-state index in [2.05, 4.69) is 10.2 Å². The molecule has 82 valence electrons. The second kappa shape index (κ2) is 5.98. The summed E-state index contributed by atoms with van der Waals surface area (Å²) in [5, 5.41) is 3.00. The van der Waals surface area contributed by atoms with Crippen LogP contribution >= 0.6 is 0 Å². The Kier molecular flexibility index (Phi) is 4.90. The molecule has 1 aliphatic rings. The number of esters is 1. The topological polar surface area (TPSA) is 41.6 Å². The Hall–Kier alpha value is -0.610. The van der Waals surface area contributed by atoms with Crippen LogP contribution in [-0.2, 0) is 9.53 Å². The predicted molar refractivity (Wildman–Crippen MR) is 55.2 cm³/mol. The summed E-state index contributed by atoms with van der Waals surface area (Å²) in [5.41, 5.74) is 0. The van der Waals surface area contributed by atoms with E-state index in [4.69, 9.17) is 4.74 Å². The molecule has 0 amide bonds. The van der Waals surface area contributed by atoms with Gasteiger partial charge in [-0.15, -0.1) is 0 Å². The van der Waals surface area contributed by atoms with E-state index in [9.17, 15) is 4.79 Å². The Labute approximate surface area is 85.6 Å². The van der Waals surface area contributed by atoms with Crippen LogP contribution in [0, 0.1) is 0 Å². The van der Waals surface area contributed by atoms with Crippen LogP contribution in [0.15, 0.2) is 0 Å². The molecule has 0 aromatic rings. The van der Waals surface area contributed by atoms with Crippen LogP contribution in [0.3, 0.4) is 0 Å². The molecule has 1 unspecified atom stereocenters. The van der Waals surface area contributed by atoms with Crippen LogP contribution in [0.5, 0.6) is 0 Å². The number of hydrogen-bond donors (Lipinski definition) is 1. The van der Waals surface area contributed by atoms with Crippen LogP contribution in [-0.4, -0.2) is 50.2 Å². The molecule has 0 aromatic heterocycles. The average Bonchev–Trinajstić information content (AvgIpc) is 2.66. The van der Waals surface area contributed by atoms with E-state index in [-0.39, 0.29) is 12.0 Å². The lowest BCUT2D eigenvalue weighted by atomic mass is 10.3. The molecule has 1 fully saturated rings. The maximum absolute atomic E-state index is 11.5. The van der Waals surface area contributed by atoms with Gasteiger partial charge in [-0.05, 0) is 39.9 Å². The third-order valence-electron chi connectivity index (χ3n) is 2.56. The van der Waals surface area contributed by atoms with E-state index in [0.29, 0.717) is 6.61 Å². The maximum Gasteiger partial charge on any atom is 0.324 e. The molecule has 0 aliphatic carbocycles. The largest absolute Gasteiger partial charge is 0.465 e. The van der Waals surface area contributed by atoms with Gasteiger partial charge in [-0.1, -0.05) is 0 Å². The third kappa shape index (κ3) is 3.27. The zero-order chi connectivity index (χ0) is 10.4. The molecule has 1 rings (SSSR count). The zero-order valence-electron chi connectivity index (χ0n) is 9.08. The first-order valence-electron chi connectivity index (χ1n) is 5.34. The first-order chi connectivity index (χ1) is 6.77. The van der Waals surface area contributed by atoms with Crippen molar-refractivity contribution in [1.82, 2.24) is 10.2 Å². The fourth-order valence-corrected chi connectivity index (χ4v) is 1.75. The SMILES string of the molecule is CCOC(=O)C(CN1CCCC1)NC. The summed E-state index contributed by atoms with van der Waals surface area (Å²) in [5.74, 6) is -0.137. The molecule has 1 N–H and O–H groups in total. The van der Waals surface area contributed by atoms with Gasteiger partial charge in [-0.25, -0.2) is 0 Å². The Morgan fingerprint density at radius 2 is 2.14 bits per heavy atom. The van der Waals surface area contributed by atoms with Gasteiger partial charge in [-0.2, -0.15) is 0 Å². The number of nitrogens with zero attached hydrogens (tertiary/aromatic N) is 1. The van der Waals surface area contributed by atoms with E-state index >= 15 is 0 Å². The molecule has 1 aliphatic heterocycles. The highest BCUT2D eigenvalue weighted by Crippen LogP contribution is 2.07. The lowest BCUT2D eigenvalue weighted by Gasteiger charge is -2.21. The fraction of sp³-hybridized carbons (Fsp3) is 0.900. The molecule has 0 saturated carbocycles. The van der Waals surface area contributed by atoms with Crippen molar-refractivity contribution in [3.05, 3.63) is 0 Å². The van der Waals surface area contributed by atoms with Crippen molar-refractivity contribution in [2.24, 2.45) is 0 Å². The van der Waals surface area contributed by atoms with Crippen LogP contribution in [0.25, 0.3) is 0 Å². The van der Waals surface area contributed by atoms with Gasteiger partial charge in [0.1, 0.15) is 6.04 Å². The summed E-state index contributed by atoms with van der Waals surface area (Å²) in [6, 6.07) is -0.173. The Bertz CT molecular complexity index is 179. The number of carbonyl (C=O) groups is 1. The van der Waals surface area contributed by atoms with E-state index in [0.717, 1.165) is 19.6 Å². The van der Waals surface area contributed by atoms with Crippen molar-refractivity contribution in [1.29, 1.82) is 0 Å². The van der Waals surface area contributed by atoms with E-state index in [1.807, 2.05) is 6.92 Å². The summed E-state index contributed by atoms with van der Waals surface area (Å²) in [6.07, 6.45) is 2.50. The van der Waals surface area contributed by atoms with E-state index in [1.54, 1.807) is 7.05 Å². The predicted octanol–water partition coefficient (Wildman–Crippen LogP) is 0.233. The summed E-state index contributed by atoms with van der Waals surface area (Å²) < 4.78 is 4.98. The van der Waals surface area contributed by atoms with Gasteiger partial charge in [0.2, 0.25) is 0 Å². The van der Waals surface area contributed by atoms with Crippen LogP contribution in [0.1, 0.15) is 19.8 Å². The Morgan fingerprint density at radius 3 is 2.64 bits per heavy atom. The summed E-state index contributed by atoms with van der Waals surface area (Å²) in [6.45, 7) is 5.28. The number of carbonyl (C=O) groups excluding carboxylic acids is 1. The number of likely N-dealkylation sites (tertiary alicyclic amines) is 1. The molecular weight excluding hydrogens is 180 g/mol. The molecule has 0 bridgehead atoms. The second-order valence-corrected chi connectivity index (χ2v) is 3.60. The van der Waals surface area contributed by atoms with Crippen molar-refractivity contribution < 1.29 is 9.53 Å². The molecule has 0 aromatic carbocycles. The molecular formula is C10H20N2O2. The Morgan fingerprint density at radius 1 is 1.50 bits per heavy atom. The van der Waals surface area contributed by atoms with Crippen molar-refractivity contribution in [3.63, 3.8) is 0 Å². The summed E-state index contributed by atoms with van der Waals surface area (Å²) in [7, 11) is 1.80. The van der Waals surface area contributed by atoms with Gasteiger partial charge < -0.3 is 15.0 Å². The van der Waals surface area contributed by atoms with Crippen molar-refractivity contribution >= 4 is 5.97 Å². The molecule has 1 atom stereocenters. The standard InChI is InChI=1S/C10H20N2O2/c1-3-14-10(13)9(11-2)8-12-6-4-5-7-12/h9,11H,3-8H2,1-2H3. The number of ether oxygens (including phenoxy) is 1. The van der Waals surface area contributed by atoms with Gasteiger partial charge in [-0.3, -0.25) is 4.79 Å². The number of hydrogen-bond acceptors (Lipinski definition) is 4. The van der Waals surface area contributed by atoms with Crippen molar-refractivity contribution in [3.8, 4) is 0 Å². The molecule has 4 heteroatoms. The lowest BCUT2D eigenvalue weighted by molar-refractivity contribution is -0.145. The highest BCUT2D eigenvalue weighted by molar-refractivity contribution is 5.76. The first-order valence-corrected chi connectivity index (χ1v) is 5.34. The van der Waals surface area contributed by atoms with Crippen molar-refractivity contribution in [2.75, 3.05) is 33.3 Å². The molecule has 14 heavy (non-hydrogen) atoms. The molecule has 4 nitrogen and oxygen atoms in total. The molecule has 1 heterocycles. The number of nitrogens with one attached hydrogen (secondary N) is 1. The maximum atomic E-state index is 11.5. The first kappa shape index (κ1) is 11.5. The minimum Gasteiger partial charge on any atom is -0.465 e. The van der Waals surface area contributed by atoms with Crippen LogP contribution in [0.4, 0.5) is 0 Å². The van der Waals surface area contributed by atoms with Gasteiger partial charge >= 0.3 is 5.97 Å². The second-order valence-electron chi connectivity index (χ2n) is 3.60. The quantitative estimate of drug-likeness (QED) is 0.645. The summed E-state index contributed by atoms with van der Waals surface area (Å²) in [4.78, 5) is 13.8. The van der Waals surface area contributed by atoms with E-state index in [1.165, 1.54) is 12.8 Å². The van der Waals surface area contributed by atoms with E-state index < -0.39 is 0 Å². The third-order valence-corrected chi connectivity index (χ3v) is 2.56. The Balaban J connectivity index is 2.33. The van der Waals surface area contributed by atoms with Gasteiger partial charge in [0.15, 0.2) is 0 Å². The lowest BCUT2D eigenvalue weighted by Crippen LogP contribution is -2.44. The highest BCUT2D eigenvalue weighted by atomic mass is 16.5. The van der Waals surface area contributed by atoms with Gasteiger partial charge in [0.05, 0.1) is 6.61 Å². The average molecular weight is 200 g/mol.